The predicted octanol–water partition coefficient (Wildman–Crippen LogP) is 2.45. The fraction of sp³-hybridized carbons (Fsp3) is 0.200. The Hall–Kier alpha value is -2.03. The molecule has 0 spiro atoms. The van der Waals surface area contributed by atoms with E-state index in [2.05, 4.69) is 5.32 Å². The van der Waals surface area contributed by atoms with Crippen LogP contribution in [0.1, 0.15) is 27.0 Å². The molecule has 2 rings (SSSR count). The molecule has 2 aromatic rings. The summed E-state index contributed by atoms with van der Waals surface area (Å²) in [5.74, 6) is -0.453. The van der Waals surface area contributed by atoms with E-state index in [9.17, 15) is 18.0 Å². The number of nitrogens with one attached hydrogen (secondary N) is 1. The Balaban J connectivity index is 2.16. The second-order valence-corrected chi connectivity index (χ2v) is 8.08. The Morgan fingerprint density at radius 2 is 1.74 bits per heavy atom. The molecule has 1 aromatic carbocycles. The third-order valence-electron chi connectivity index (χ3n) is 3.13. The van der Waals surface area contributed by atoms with Crippen molar-refractivity contribution in [1.82, 2.24) is 4.31 Å². The van der Waals surface area contributed by atoms with E-state index in [0.29, 0.717) is 16.1 Å². The first kappa shape index (κ1) is 17.3. The highest BCUT2D eigenvalue weighted by Crippen LogP contribution is 2.22. The van der Waals surface area contributed by atoms with Crippen LogP contribution in [0.5, 0.6) is 0 Å². The molecule has 0 atom stereocenters. The SMILES string of the molecule is CC(=O)c1ccc(NC(=O)c2cc(S(=O)(=O)N(C)C)cs2)cc1. The van der Waals surface area contributed by atoms with Gasteiger partial charge in [0.25, 0.3) is 5.91 Å². The zero-order valence-electron chi connectivity index (χ0n) is 12.9. The number of hydrogen-bond donors (Lipinski definition) is 1. The highest BCUT2D eigenvalue weighted by molar-refractivity contribution is 7.89. The number of sulfonamides is 1. The van der Waals surface area contributed by atoms with Crippen LogP contribution in [-0.2, 0) is 10.0 Å². The fourth-order valence-electron chi connectivity index (χ4n) is 1.76. The van der Waals surface area contributed by atoms with Gasteiger partial charge in [0.15, 0.2) is 5.78 Å². The Bertz CT molecular complexity index is 837. The number of ketones is 1. The van der Waals surface area contributed by atoms with Gasteiger partial charge in [0, 0.05) is 30.7 Å². The van der Waals surface area contributed by atoms with Crippen LogP contribution in [0.4, 0.5) is 5.69 Å². The molecule has 0 unspecified atom stereocenters. The van der Waals surface area contributed by atoms with Crippen molar-refractivity contribution in [1.29, 1.82) is 0 Å². The second kappa shape index (κ2) is 6.61. The standard InChI is InChI=1S/C15H16N2O4S2/c1-10(18)11-4-6-12(7-5-11)16-15(19)14-8-13(9-22-14)23(20,21)17(2)3/h4-9H,1-3H3,(H,16,19). The number of carbonyl (C=O) groups is 2. The van der Waals surface area contributed by atoms with Crippen LogP contribution in [0, 0.1) is 0 Å². The molecule has 6 nitrogen and oxygen atoms in total. The molecule has 0 aliphatic carbocycles. The highest BCUT2D eigenvalue weighted by atomic mass is 32.2. The first-order chi connectivity index (χ1) is 10.7. The average Bonchev–Trinajstić information content (AvgIpc) is 2.98. The normalized spacial score (nSPS) is 11.5. The van der Waals surface area contributed by atoms with Gasteiger partial charge in [0.05, 0.1) is 9.77 Å². The second-order valence-electron chi connectivity index (χ2n) is 5.02. The molecule has 1 N–H and O–H groups in total. The smallest absolute Gasteiger partial charge is 0.265 e. The number of carbonyl (C=O) groups excluding carboxylic acids is 2. The van der Waals surface area contributed by atoms with E-state index in [-0.39, 0.29) is 10.7 Å². The number of thiophene rings is 1. The van der Waals surface area contributed by atoms with Crippen LogP contribution in [-0.4, -0.2) is 38.5 Å². The first-order valence-electron chi connectivity index (χ1n) is 6.65. The van der Waals surface area contributed by atoms with Gasteiger partial charge in [-0.3, -0.25) is 9.59 Å². The van der Waals surface area contributed by atoms with Crippen molar-refractivity contribution in [2.75, 3.05) is 19.4 Å². The number of anilines is 1. The van der Waals surface area contributed by atoms with Crippen LogP contribution in [0.2, 0.25) is 0 Å². The van der Waals surface area contributed by atoms with Crippen molar-refractivity contribution < 1.29 is 18.0 Å². The lowest BCUT2D eigenvalue weighted by Crippen LogP contribution is -2.21. The first-order valence-corrected chi connectivity index (χ1v) is 8.97. The molecule has 0 aliphatic heterocycles. The Labute approximate surface area is 138 Å². The summed E-state index contributed by atoms with van der Waals surface area (Å²) in [5, 5.41) is 4.10. The molecular formula is C15H16N2O4S2. The van der Waals surface area contributed by atoms with Gasteiger partial charge < -0.3 is 5.32 Å². The molecule has 122 valence electrons. The maximum atomic E-state index is 12.2. The van der Waals surface area contributed by atoms with E-state index in [1.54, 1.807) is 24.3 Å². The van der Waals surface area contributed by atoms with Gasteiger partial charge in [-0.1, -0.05) is 0 Å². The maximum Gasteiger partial charge on any atom is 0.265 e. The minimum atomic E-state index is -3.55. The quantitative estimate of drug-likeness (QED) is 0.838. The molecule has 0 aliphatic rings. The van der Waals surface area contributed by atoms with Gasteiger partial charge in [-0.15, -0.1) is 11.3 Å². The van der Waals surface area contributed by atoms with Gasteiger partial charge >= 0.3 is 0 Å². The molecule has 8 heteroatoms. The molecule has 23 heavy (non-hydrogen) atoms. The number of hydrogen-bond acceptors (Lipinski definition) is 5. The van der Waals surface area contributed by atoms with Gasteiger partial charge in [0.1, 0.15) is 0 Å². The summed E-state index contributed by atoms with van der Waals surface area (Å²) >= 11 is 1.06. The Kier molecular flexibility index (Phi) is 4.98. The summed E-state index contributed by atoms with van der Waals surface area (Å²) in [6.07, 6.45) is 0. The molecule has 0 radical (unpaired) electrons. The summed E-state index contributed by atoms with van der Waals surface area (Å²) in [7, 11) is -0.684. The third kappa shape index (κ3) is 3.84. The van der Waals surface area contributed by atoms with Crippen molar-refractivity contribution in [2.24, 2.45) is 0 Å². The summed E-state index contributed by atoms with van der Waals surface area (Å²) in [6, 6.07) is 7.83. The molecule has 0 bridgehead atoms. The lowest BCUT2D eigenvalue weighted by atomic mass is 10.1. The highest BCUT2D eigenvalue weighted by Gasteiger charge is 2.21. The lowest BCUT2D eigenvalue weighted by Gasteiger charge is -2.08. The van der Waals surface area contributed by atoms with Crippen molar-refractivity contribution in [3.8, 4) is 0 Å². The van der Waals surface area contributed by atoms with Crippen LogP contribution < -0.4 is 5.32 Å². The average molecular weight is 352 g/mol. The number of Topliss-reactive ketones (excluding diaryl/α,β-unsaturated/α-hetero) is 1. The van der Waals surface area contributed by atoms with Crippen molar-refractivity contribution in [3.05, 3.63) is 46.2 Å². The monoisotopic (exact) mass is 352 g/mol. The molecule has 1 aromatic heterocycles. The molecule has 0 fully saturated rings. The largest absolute Gasteiger partial charge is 0.321 e. The van der Waals surface area contributed by atoms with Crippen LogP contribution in [0.3, 0.4) is 0 Å². The molecular weight excluding hydrogens is 336 g/mol. The molecule has 0 saturated heterocycles. The zero-order valence-corrected chi connectivity index (χ0v) is 14.5. The van der Waals surface area contributed by atoms with Crippen molar-refractivity contribution in [3.63, 3.8) is 0 Å². The van der Waals surface area contributed by atoms with Gasteiger partial charge in [-0.25, -0.2) is 12.7 Å². The van der Waals surface area contributed by atoms with E-state index in [0.717, 1.165) is 15.6 Å². The van der Waals surface area contributed by atoms with E-state index in [1.165, 1.54) is 32.5 Å². The van der Waals surface area contributed by atoms with Crippen molar-refractivity contribution in [2.45, 2.75) is 11.8 Å². The summed E-state index contributed by atoms with van der Waals surface area (Å²) < 4.78 is 25.1. The van der Waals surface area contributed by atoms with Gasteiger partial charge in [-0.2, -0.15) is 0 Å². The zero-order chi connectivity index (χ0) is 17.2. The molecule has 1 heterocycles. The van der Waals surface area contributed by atoms with Crippen LogP contribution >= 0.6 is 11.3 Å². The van der Waals surface area contributed by atoms with E-state index in [4.69, 9.17) is 0 Å². The number of nitrogens with zero attached hydrogens (tertiary/aromatic N) is 1. The van der Waals surface area contributed by atoms with Gasteiger partial charge in [-0.05, 0) is 37.3 Å². The number of benzene rings is 1. The predicted molar refractivity (Wildman–Crippen MR) is 89.6 cm³/mol. The molecule has 0 saturated carbocycles. The minimum absolute atomic E-state index is 0.0559. The number of rotatable bonds is 5. The van der Waals surface area contributed by atoms with Gasteiger partial charge in [0.2, 0.25) is 10.0 Å². The summed E-state index contributed by atoms with van der Waals surface area (Å²) in [6.45, 7) is 1.46. The Morgan fingerprint density at radius 1 is 1.13 bits per heavy atom. The molecule has 1 amide bonds. The summed E-state index contributed by atoms with van der Waals surface area (Å²) in [5.41, 5.74) is 1.09. The Morgan fingerprint density at radius 3 is 2.26 bits per heavy atom. The van der Waals surface area contributed by atoms with E-state index in [1.807, 2.05) is 0 Å². The number of amides is 1. The lowest BCUT2D eigenvalue weighted by molar-refractivity contribution is 0.101. The topological polar surface area (TPSA) is 83.5 Å². The van der Waals surface area contributed by atoms with Crippen LogP contribution in [0.15, 0.2) is 40.6 Å². The fourth-order valence-corrected chi connectivity index (χ4v) is 3.82. The minimum Gasteiger partial charge on any atom is -0.321 e. The van der Waals surface area contributed by atoms with E-state index >= 15 is 0 Å². The summed E-state index contributed by atoms with van der Waals surface area (Å²) in [4.78, 5) is 23.8. The maximum absolute atomic E-state index is 12.2. The third-order valence-corrected chi connectivity index (χ3v) is 6.00. The van der Waals surface area contributed by atoms with E-state index < -0.39 is 15.9 Å². The van der Waals surface area contributed by atoms with Crippen LogP contribution in [0.25, 0.3) is 0 Å². The van der Waals surface area contributed by atoms with Crippen molar-refractivity contribution >= 4 is 38.7 Å².